The minimum atomic E-state index is -0.376. The molecule has 0 fully saturated rings. The molecule has 5 heteroatoms. The Bertz CT molecular complexity index is 365. The lowest BCUT2D eigenvalue weighted by atomic mass is 10.1. The Morgan fingerprint density at radius 3 is 2.61 bits per heavy atom. The topological polar surface area (TPSA) is 84.6 Å². The van der Waals surface area contributed by atoms with Crippen LogP contribution in [-0.4, -0.2) is 37.3 Å². The number of carbonyl (C=O) groups is 1. The largest absolute Gasteiger partial charge is 0.494 e. The number of benzene rings is 1. The highest BCUT2D eigenvalue weighted by molar-refractivity contribution is 5.79. The highest BCUT2D eigenvalue weighted by Gasteiger charge is 2.11. The summed E-state index contributed by atoms with van der Waals surface area (Å²) in [4.78, 5) is 11.0. The van der Waals surface area contributed by atoms with Gasteiger partial charge in [-0.3, -0.25) is 4.79 Å². The number of primary amides is 1. The summed E-state index contributed by atoms with van der Waals surface area (Å²) in [5, 5.41) is 11.6. The molecule has 0 spiro atoms. The second-order valence-electron chi connectivity index (χ2n) is 4.00. The van der Waals surface area contributed by atoms with Gasteiger partial charge in [-0.2, -0.15) is 0 Å². The van der Waals surface area contributed by atoms with E-state index >= 15 is 0 Å². The first kappa shape index (κ1) is 14.5. The zero-order valence-corrected chi connectivity index (χ0v) is 10.6. The standard InChI is InChI=1S/C13H20N2O3/c1-15-12(13(14)17)7-9-18-11-4-2-10(3-5-11)6-8-16/h2-5,12,15-16H,6-9H2,1H3,(H2,14,17). The minimum absolute atomic E-state index is 0.142. The predicted octanol–water partition coefficient (Wildman–Crippen LogP) is 0.0636. The third-order valence-electron chi connectivity index (χ3n) is 2.69. The first-order valence-corrected chi connectivity index (χ1v) is 5.96. The number of aliphatic hydroxyl groups excluding tert-OH is 1. The maximum Gasteiger partial charge on any atom is 0.234 e. The summed E-state index contributed by atoms with van der Waals surface area (Å²) in [6, 6.07) is 7.16. The normalized spacial score (nSPS) is 12.1. The maximum atomic E-state index is 11.0. The summed E-state index contributed by atoms with van der Waals surface area (Å²) >= 11 is 0. The van der Waals surface area contributed by atoms with Crippen molar-refractivity contribution >= 4 is 5.91 Å². The third-order valence-corrected chi connectivity index (χ3v) is 2.69. The smallest absolute Gasteiger partial charge is 0.234 e. The number of amides is 1. The molecule has 0 saturated heterocycles. The number of rotatable bonds is 8. The predicted molar refractivity (Wildman–Crippen MR) is 69.4 cm³/mol. The summed E-state index contributed by atoms with van der Waals surface area (Å²) in [7, 11) is 1.69. The zero-order chi connectivity index (χ0) is 13.4. The molecule has 0 radical (unpaired) electrons. The number of carbonyl (C=O) groups excluding carboxylic acids is 1. The molecule has 1 unspecified atom stereocenters. The van der Waals surface area contributed by atoms with Gasteiger partial charge in [0, 0.05) is 13.0 Å². The van der Waals surface area contributed by atoms with Gasteiger partial charge in [0.25, 0.3) is 0 Å². The third kappa shape index (κ3) is 4.73. The fraction of sp³-hybridized carbons (Fsp3) is 0.462. The number of nitrogens with two attached hydrogens (primary N) is 1. The van der Waals surface area contributed by atoms with E-state index in [1.165, 1.54) is 0 Å². The van der Waals surface area contributed by atoms with Crippen LogP contribution in [0.5, 0.6) is 5.75 Å². The number of hydrogen-bond donors (Lipinski definition) is 3. The van der Waals surface area contributed by atoms with Crippen LogP contribution >= 0.6 is 0 Å². The van der Waals surface area contributed by atoms with Crippen molar-refractivity contribution in [2.24, 2.45) is 5.73 Å². The van der Waals surface area contributed by atoms with Crippen molar-refractivity contribution in [1.29, 1.82) is 0 Å². The number of hydrogen-bond acceptors (Lipinski definition) is 4. The SMILES string of the molecule is CNC(CCOc1ccc(CCO)cc1)C(N)=O. The van der Waals surface area contributed by atoms with Crippen LogP contribution in [0.15, 0.2) is 24.3 Å². The summed E-state index contributed by atoms with van der Waals surface area (Å²) in [5.74, 6) is 0.371. The fourth-order valence-corrected chi connectivity index (χ4v) is 1.60. The molecule has 0 aromatic heterocycles. The molecule has 0 saturated carbocycles. The molecule has 1 aromatic rings. The highest BCUT2D eigenvalue weighted by atomic mass is 16.5. The van der Waals surface area contributed by atoms with Gasteiger partial charge < -0.3 is 20.9 Å². The molecule has 1 rings (SSSR count). The summed E-state index contributed by atoms with van der Waals surface area (Å²) in [6.45, 7) is 0.566. The van der Waals surface area contributed by atoms with Gasteiger partial charge in [0.1, 0.15) is 5.75 Å². The lowest BCUT2D eigenvalue weighted by Gasteiger charge is -2.13. The number of ether oxygens (including phenoxy) is 1. The van der Waals surface area contributed by atoms with Crippen molar-refractivity contribution in [2.75, 3.05) is 20.3 Å². The lowest BCUT2D eigenvalue weighted by molar-refractivity contribution is -0.120. The first-order valence-electron chi connectivity index (χ1n) is 5.96. The van der Waals surface area contributed by atoms with Crippen molar-refractivity contribution in [2.45, 2.75) is 18.9 Å². The average Bonchev–Trinajstić information content (AvgIpc) is 2.36. The Kier molecular flexibility index (Phi) is 6.18. The van der Waals surface area contributed by atoms with E-state index in [1.54, 1.807) is 7.05 Å². The molecule has 1 atom stereocenters. The monoisotopic (exact) mass is 252 g/mol. The molecule has 0 aliphatic rings. The lowest BCUT2D eigenvalue weighted by Crippen LogP contribution is -2.40. The molecule has 1 aromatic carbocycles. The average molecular weight is 252 g/mol. The van der Waals surface area contributed by atoms with Crippen LogP contribution in [0.1, 0.15) is 12.0 Å². The van der Waals surface area contributed by atoms with Crippen LogP contribution in [0.4, 0.5) is 0 Å². The van der Waals surface area contributed by atoms with Crippen LogP contribution < -0.4 is 15.8 Å². The number of aliphatic hydroxyl groups is 1. The molecule has 0 heterocycles. The van der Waals surface area contributed by atoms with Crippen molar-refractivity contribution in [3.05, 3.63) is 29.8 Å². The van der Waals surface area contributed by atoms with Gasteiger partial charge in [-0.15, -0.1) is 0 Å². The molecule has 4 N–H and O–H groups in total. The van der Waals surface area contributed by atoms with Crippen LogP contribution in [0, 0.1) is 0 Å². The molecule has 5 nitrogen and oxygen atoms in total. The van der Waals surface area contributed by atoms with Crippen LogP contribution in [0.2, 0.25) is 0 Å². The van der Waals surface area contributed by atoms with Crippen molar-refractivity contribution in [3.8, 4) is 5.75 Å². The molecule has 100 valence electrons. The molecule has 0 aliphatic heterocycles. The molecular formula is C13H20N2O3. The van der Waals surface area contributed by atoms with E-state index in [4.69, 9.17) is 15.6 Å². The molecule has 0 aliphatic carbocycles. The van der Waals surface area contributed by atoms with E-state index in [0.29, 0.717) is 19.4 Å². The second kappa shape index (κ2) is 7.68. The Morgan fingerprint density at radius 2 is 2.11 bits per heavy atom. The van der Waals surface area contributed by atoms with Crippen LogP contribution in [0.3, 0.4) is 0 Å². The molecular weight excluding hydrogens is 232 g/mol. The molecule has 1 amide bonds. The van der Waals surface area contributed by atoms with E-state index in [1.807, 2.05) is 24.3 Å². The Labute approximate surface area is 107 Å². The van der Waals surface area contributed by atoms with Crippen molar-refractivity contribution < 1.29 is 14.6 Å². The summed E-state index contributed by atoms with van der Waals surface area (Å²) < 4.78 is 5.51. The molecule has 0 bridgehead atoms. The highest BCUT2D eigenvalue weighted by Crippen LogP contribution is 2.12. The van der Waals surface area contributed by atoms with Crippen LogP contribution in [-0.2, 0) is 11.2 Å². The second-order valence-corrected chi connectivity index (χ2v) is 4.00. The number of likely N-dealkylation sites (N-methyl/N-ethyl adjacent to an activating group) is 1. The zero-order valence-electron chi connectivity index (χ0n) is 10.6. The Hall–Kier alpha value is -1.59. The van der Waals surface area contributed by atoms with E-state index in [2.05, 4.69) is 5.32 Å². The first-order chi connectivity index (χ1) is 8.67. The minimum Gasteiger partial charge on any atom is -0.494 e. The van der Waals surface area contributed by atoms with Gasteiger partial charge in [0.05, 0.1) is 12.6 Å². The van der Waals surface area contributed by atoms with Crippen molar-refractivity contribution in [3.63, 3.8) is 0 Å². The Balaban J connectivity index is 2.37. The van der Waals surface area contributed by atoms with Gasteiger partial charge in [0.15, 0.2) is 0 Å². The van der Waals surface area contributed by atoms with Gasteiger partial charge in [-0.25, -0.2) is 0 Å². The quantitative estimate of drug-likeness (QED) is 0.611. The van der Waals surface area contributed by atoms with E-state index < -0.39 is 0 Å². The van der Waals surface area contributed by atoms with Gasteiger partial charge in [-0.05, 0) is 31.2 Å². The molecule has 18 heavy (non-hydrogen) atoms. The summed E-state index contributed by atoms with van der Waals surface area (Å²) in [5.41, 5.74) is 6.26. The van der Waals surface area contributed by atoms with E-state index in [9.17, 15) is 4.79 Å². The van der Waals surface area contributed by atoms with Crippen molar-refractivity contribution in [1.82, 2.24) is 5.32 Å². The number of nitrogens with one attached hydrogen (secondary N) is 1. The summed E-state index contributed by atoms with van der Waals surface area (Å²) in [6.07, 6.45) is 1.17. The Morgan fingerprint density at radius 1 is 1.44 bits per heavy atom. The van der Waals surface area contributed by atoms with Gasteiger partial charge in [0.2, 0.25) is 5.91 Å². The van der Waals surface area contributed by atoms with E-state index in [-0.39, 0.29) is 18.6 Å². The van der Waals surface area contributed by atoms with Crippen LogP contribution in [0.25, 0.3) is 0 Å². The maximum absolute atomic E-state index is 11.0. The fourth-order valence-electron chi connectivity index (χ4n) is 1.60. The van der Waals surface area contributed by atoms with E-state index in [0.717, 1.165) is 11.3 Å². The van der Waals surface area contributed by atoms with Gasteiger partial charge >= 0.3 is 0 Å². The van der Waals surface area contributed by atoms with Gasteiger partial charge in [-0.1, -0.05) is 12.1 Å².